The van der Waals surface area contributed by atoms with Gasteiger partial charge in [0.1, 0.15) is 11.8 Å². The van der Waals surface area contributed by atoms with Crippen LogP contribution >= 0.6 is 0 Å². The first kappa shape index (κ1) is 22.1. The van der Waals surface area contributed by atoms with Crippen LogP contribution in [0.1, 0.15) is 43.1 Å². The lowest BCUT2D eigenvalue weighted by Crippen LogP contribution is -2.48. The van der Waals surface area contributed by atoms with Crippen LogP contribution in [-0.4, -0.2) is 37.5 Å². The smallest absolute Gasteiger partial charge is 0.262 e. The molecule has 0 bridgehead atoms. The Balaban J connectivity index is 1.60. The molecule has 164 valence electrons. The molecule has 1 atom stereocenters. The minimum atomic E-state index is -0.755. The fourth-order valence-electron chi connectivity index (χ4n) is 2.94. The molecule has 0 spiro atoms. The Morgan fingerprint density at radius 2 is 1.97 bits per heavy atom. The molecule has 0 saturated carbocycles. The molecule has 8 nitrogen and oxygen atoms in total. The number of ether oxygens (including phenoxy) is 3. The topological polar surface area (TPSA) is 98.2 Å². The average Bonchev–Trinajstić information content (AvgIpc) is 3.23. The van der Waals surface area contributed by atoms with E-state index in [1.165, 1.54) is 6.21 Å². The Labute approximate surface area is 181 Å². The second-order valence-corrected chi connectivity index (χ2v) is 7.42. The molecule has 8 heteroatoms. The van der Waals surface area contributed by atoms with Gasteiger partial charge in [0.25, 0.3) is 11.8 Å². The number of benzene rings is 2. The maximum Gasteiger partial charge on any atom is 0.262 e. The second-order valence-electron chi connectivity index (χ2n) is 7.42. The number of hydrogen-bond acceptors (Lipinski definition) is 6. The lowest BCUT2D eigenvalue weighted by molar-refractivity contribution is -0.123. The number of amides is 2. The normalized spacial score (nSPS) is 13.3. The molecule has 0 saturated heterocycles. The molecule has 1 unspecified atom stereocenters. The SMILES string of the molecule is CCCOc1cccc(/C=N/NC(=O)C(NC(=O)c2ccc3c(c2)OCO3)C(C)C)c1. The Morgan fingerprint density at radius 3 is 2.74 bits per heavy atom. The molecule has 1 heterocycles. The Hall–Kier alpha value is -3.55. The van der Waals surface area contributed by atoms with Gasteiger partial charge in [-0.1, -0.05) is 32.9 Å². The number of carbonyl (C=O) groups excluding carboxylic acids is 2. The lowest BCUT2D eigenvalue weighted by Gasteiger charge is -2.20. The van der Waals surface area contributed by atoms with E-state index in [0.29, 0.717) is 23.7 Å². The van der Waals surface area contributed by atoms with Crippen molar-refractivity contribution in [1.29, 1.82) is 0 Å². The van der Waals surface area contributed by atoms with Crippen molar-refractivity contribution in [2.75, 3.05) is 13.4 Å². The fraction of sp³-hybridized carbons (Fsp3) is 0.348. The molecule has 0 radical (unpaired) electrons. The summed E-state index contributed by atoms with van der Waals surface area (Å²) in [5.74, 6) is 0.920. The van der Waals surface area contributed by atoms with E-state index in [1.807, 2.05) is 45.0 Å². The predicted molar refractivity (Wildman–Crippen MR) is 117 cm³/mol. The van der Waals surface area contributed by atoms with Gasteiger partial charge in [-0.15, -0.1) is 0 Å². The van der Waals surface area contributed by atoms with Crippen molar-refractivity contribution in [3.63, 3.8) is 0 Å². The largest absolute Gasteiger partial charge is 0.494 e. The molecule has 2 aromatic rings. The maximum atomic E-state index is 12.6. The van der Waals surface area contributed by atoms with Gasteiger partial charge < -0.3 is 19.5 Å². The highest BCUT2D eigenvalue weighted by molar-refractivity contribution is 5.98. The standard InChI is InChI=1S/C23H27N3O5/c1-4-10-29-18-7-5-6-16(11-18)13-24-26-23(28)21(15(2)3)25-22(27)17-8-9-19-20(12-17)31-14-30-19/h5-9,11-13,15,21H,4,10,14H2,1-3H3,(H,25,27)(H,26,28)/b24-13+. The number of hydrogen-bond donors (Lipinski definition) is 2. The zero-order valence-corrected chi connectivity index (χ0v) is 17.9. The van der Waals surface area contributed by atoms with Crippen LogP contribution in [0.3, 0.4) is 0 Å². The number of nitrogens with one attached hydrogen (secondary N) is 2. The molecule has 2 N–H and O–H groups in total. The lowest BCUT2D eigenvalue weighted by atomic mass is 10.0. The van der Waals surface area contributed by atoms with Crippen LogP contribution in [0.25, 0.3) is 0 Å². The first-order chi connectivity index (χ1) is 15.0. The summed E-state index contributed by atoms with van der Waals surface area (Å²) in [6.45, 7) is 6.50. The zero-order chi connectivity index (χ0) is 22.2. The van der Waals surface area contributed by atoms with Gasteiger partial charge in [-0.05, 0) is 48.2 Å². The number of nitrogens with zero attached hydrogens (tertiary/aromatic N) is 1. The highest BCUT2D eigenvalue weighted by Crippen LogP contribution is 2.32. The Bertz CT molecular complexity index is 958. The molecule has 0 aliphatic carbocycles. The molecule has 31 heavy (non-hydrogen) atoms. The fourth-order valence-corrected chi connectivity index (χ4v) is 2.94. The Morgan fingerprint density at radius 1 is 1.16 bits per heavy atom. The predicted octanol–water partition coefficient (Wildman–Crippen LogP) is 3.11. The van der Waals surface area contributed by atoms with Gasteiger partial charge >= 0.3 is 0 Å². The van der Waals surface area contributed by atoms with Crippen molar-refractivity contribution in [1.82, 2.24) is 10.7 Å². The summed E-state index contributed by atoms with van der Waals surface area (Å²) in [6, 6.07) is 11.6. The van der Waals surface area contributed by atoms with Crippen LogP contribution in [-0.2, 0) is 4.79 Å². The number of fused-ring (bicyclic) bond motifs is 1. The van der Waals surface area contributed by atoms with Crippen molar-refractivity contribution in [2.45, 2.75) is 33.2 Å². The highest BCUT2D eigenvalue weighted by Gasteiger charge is 2.25. The first-order valence-corrected chi connectivity index (χ1v) is 10.2. The van der Waals surface area contributed by atoms with Crippen molar-refractivity contribution in [3.8, 4) is 17.2 Å². The van der Waals surface area contributed by atoms with Gasteiger partial charge in [0, 0.05) is 5.56 Å². The Kier molecular flexibility index (Phi) is 7.48. The summed E-state index contributed by atoms with van der Waals surface area (Å²) in [4.78, 5) is 25.3. The minimum Gasteiger partial charge on any atom is -0.494 e. The number of hydrazone groups is 1. The van der Waals surface area contributed by atoms with E-state index in [0.717, 1.165) is 17.7 Å². The molecule has 1 aliphatic heterocycles. The van der Waals surface area contributed by atoms with E-state index in [1.54, 1.807) is 18.2 Å². The summed E-state index contributed by atoms with van der Waals surface area (Å²) in [5.41, 5.74) is 3.68. The first-order valence-electron chi connectivity index (χ1n) is 10.2. The molecule has 2 amide bonds. The van der Waals surface area contributed by atoms with Crippen LogP contribution < -0.4 is 25.0 Å². The quantitative estimate of drug-likeness (QED) is 0.475. The monoisotopic (exact) mass is 425 g/mol. The van der Waals surface area contributed by atoms with Crippen molar-refractivity contribution < 1.29 is 23.8 Å². The van der Waals surface area contributed by atoms with Crippen LogP contribution in [0.4, 0.5) is 0 Å². The summed E-state index contributed by atoms with van der Waals surface area (Å²) in [5, 5.41) is 6.79. The zero-order valence-electron chi connectivity index (χ0n) is 17.9. The van der Waals surface area contributed by atoms with E-state index in [2.05, 4.69) is 15.8 Å². The van der Waals surface area contributed by atoms with Gasteiger partial charge in [0.2, 0.25) is 6.79 Å². The van der Waals surface area contributed by atoms with Gasteiger partial charge in [-0.25, -0.2) is 5.43 Å². The van der Waals surface area contributed by atoms with Gasteiger partial charge in [0.05, 0.1) is 12.8 Å². The van der Waals surface area contributed by atoms with E-state index < -0.39 is 11.9 Å². The summed E-state index contributed by atoms with van der Waals surface area (Å²) in [6.07, 6.45) is 2.46. The number of rotatable bonds is 9. The summed E-state index contributed by atoms with van der Waals surface area (Å²) in [7, 11) is 0. The molecule has 1 aliphatic rings. The van der Waals surface area contributed by atoms with Gasteiger partial charge in [-0.3, -0.25) is 9.59 Å². The van der Waals surface area contributed by atoms with Crippen LogP contribution in [0.2, 0.25) is 0 Å². The third-order valence-electron chi connectivity index (χ3n) is 4.59. The molecular weight excluding hydrogens is 398 g/mol. The van der Waals surface area contributed by atoms with Crippen LogP contribution in [0.5, 0.6) is 17.2 Å². The van der Waals surface area contributed by atoms with E-state index in [-0.39, 0.29) is 18.6 Å². The number of carbonyl (C=O) groups is 2. The highest BCUT2D eigenvalue weighted by atomic mass is 16.7. The minimum absolute atomic E-state index is 0.128. The van der Waals surface area contributed by atoms with E-state index in [4.69, 9.17) is 14.2 Å². The van der Waals surface area contributed by atoms with Crippen LogP contribution in [0, 0.1) is 5.92 Å². The van der Waals surface area contributed by atoms with Crippen LogP contribution in [0.15, 0.2) is 47.6 Å². The third-order valence-corrected chi connectivity index (χ3v) is 4.59. The maximum absolute atomic E-state index is 12.6. The summed E-state index contributed by atoms with van der Waals surface area (Å²) >= 11 is 0. The molecular formula is C23H27N3O5. The van der Waals surface area contributed by atoms with Crippen molar-refractivity contribution in [3.05, 3.63) is 53.6 Å². The second kappa shape index (κ2) is 10.5. The van der Waals surface area contributed by atoms with Crippen molar-refractivity contribution >= 4 is 18.0 Å². The van der Waals surface area contributed by atoms with E-state index in [9.17, 15) is 9.59 Å². The summed E-state index contributed by atoms with van der Waals surface area (Å²) < 4.78 is 16.2. The molecule has 0 fully saturated rings. The molecule has 3 rings (SSSR count). The molecule has 2 aromatic carbocycles. The average molecular weight is 425 g/mol. The van der Waals surface area contributed by atoms with E-state index >= 15 is 0 Å². The third kappa shape index (κ3) is 5.97. The van der Waals surface area contributed by atoms with Crippen molar-refractivity contribution in [2.24, 2.45) is 11.0 Å². The van der Waals surface area contributed by atoms with Gasteiger partial charge in [-0.2, -0.15) is 5.10 Å². The molecule has 0 aromatic heterocycles. The van der Waals surface area contributed by atoms with Gasteiger partial charge in [0.15, 0.2) is 11.5 Å².